The summed E-state index contributed by atoms with van der Waals surface area (Å²) in [5, 5.41) is 13.3. The third-order valence-corrected chi connectivity index (χ3v) is 8.46. The van der Waals surface area contributed by atoms with Crippen LogP contribution in [0.15, 0.2) is 36.5 Å². The average molecular weight is 683 g/mol. The summed E-state index contributed by atoms with van der Waals surface area (Å²) in [5.41, 5.74) is -1.51. The Bertz CT molecular complexity index is 1580. The van der Waals surface area contributed by atoms with Crippen molar-refractivity contribution in [2.75, 3.05) is 41.9 Å². The van der Waals surface area contributed by atoms with Crippen molar-refractivity contribution >= 4 is 23.4 Å². The van der Waals surface area contributed by atoms with Crippen LogP contribution in [0.1, 0.15) is 73.7 Å². The lowest BCUT2D eigenvalue weighted by molar-refractivity contribution is -0.143. The summed E-state index contributed by atoms with van der Waals surface area (Å²) < 4.78 is 92.7. The van der Waals surface area contributed by atoms with Gasteiger partial charge in [0.05, 0.1) is 65.9 Å². The normalized spacial score (nSPS) is 18.8. The van der Waals surface area contributed by atoms with E-state index in [1.807, 2.05) is 11.8 Å². The first-order chi connectivity index (χ1) is 22.7. The Hall–Kier alpha value is -4.34. The SMILES string of the molecule is CCOC(=O)N1c2ccc(OC)nc2[C@@H](Nc2ncc(N3CCC(O)CC3)c(Cc3cc(C(F)(F)F)cc(C(F)(F)F)c3)n2)C[C@H]1CC. The first kappa shape index (κ1) is 35.0. The molecule has 0 saturated carbocycles. The molecule has 1 fully saturated rings. The summed E-state index contributed by atoms with van der Waals surface area (Å²) in [6.07, 6.45) is -8.20. The smallest absolute Gasteiger partial charge is 0.416 e. The number of ether oxygens (including phenoxy) is 2. The molecule has 2 N–H and O–H groups in total. The molecule has 48 heavy (non-hydrogen) atoms. The Kier molecular flexibility index (Phi) is 10.2. The fourth-order valence-electron chi connectivity index (χ4n) is 6.08. The minimum absolute atomic E-state index is 0.0637. The van der Waals surface area contributed by atoms with Crippen LogP contribution in [0.3, 0.4) is 0 Å². The number of benzene rings is 1. The third-order valence-electron chi connectivity index (χ3n) is 8.46. The number of hydrogen-bond acceptors (Lipinski definition) is 9. The molecule has 1 aromatic carbocycles. The molecule has 2 aliphatic rings. The van der Waals surface area contributed by atoms with Crippen LogP contribution in [0.25, 0.3) is 0 Å². The van der Waals surface area contributed by atoms with Gasteiger partial charge in [0.15, 0.2) is 0 Å². The highest BCUT2D eigenvalue weighted by Crippen LogP contribution is 2.41. The van der Waals surface area contributed by atoms with E-state index in [1.165, 1.54) is 18.2 Å². The number of aliphatic hydroxyl groups is 1. The number of carbonyl (C=O) groups excluding carboxylic acids is 1. The van der Waals surface area contributed by atoms with Crippen molar-refractivity contribution in [2.45, 2.75) is 76.5 Å². The second kappa shape index (κ2) is 14.0. The number of nitrogens with one attached hydrogen (secondary N) is 1. The minimum atomic E-state index is -5.00. The molecule has 2 aliphatic heterocycles. The van der Waals surface area contributed by atoms with Crippen molar-refractivity contribution < 1.29 is 45.7 Å². The minimum Gasteiger partial charge on any atom is -0.481 e. The van der Waals surface area contributed by atoms with E-state index in [4.69, 9.17) is 9.47 Å². The third kappa shape index (κ3) is 7.69. The number of piperidine rings is 1. The van der Waals surface area contributed by atoms with E-state index in [0.717, 1.165) is 0 Å². The van der Waals surface area contributed by atoms with Crippen LogP contribution in [0.2, 0.25) is 0 Å². The number of pyridine rings is 1. The highest BCUT2D eigenvalue weighted by atomic mass is 19.4. The number of anilines is 3. The number of aromatic nitrogens is 3. The van der Waals surface area contributed by atoms with Gasteiger partial charge in [0, 0.05) is 31.6 Å². The van der Waals surface area contributed by atoms with Gasteiger partial charge in [-0.1, -0.05) is 6.92 Å². The van der Waals surface area contributed by atoms with Crippen LogP contribution in [0.5, 0.6) is 5.88 Å². The number of halogens is 6. The van der Waals surface area contributed by atoms with E-state index in [1.54, 1.807) is 19.1 Å². The molecule has 1 saturated heterocycles. The van der Waals surface area contributed by atoms with E-state index in [9.17, 15) is 36.2 Å². The van der Waals surface area contributed by atoms with Crippen LogP contribution in [-0.2, 0) is 23.5 Å². The average Bonchev–Trinajstić information content (AvgIpc) is 3.04. The molecule has 0 radical (unpaired) electrons. The van der Waals surface area contributed by atoms with Gasteiger partial charge < -0.3 is 24.8 Å². The number of methoxy groups -OCH3 is 1. The van der Waals surface area contributed by atoms with Gasteiger partial charge in [-0.15, -0.1) is 0 Å². The quantitative estimate of drug-likeness (QED) is 0.249. The monoisotopic (exact) mass is 682 g/mol. The van der Waals surface area contributed by atoms with Crippen LogP contribution < -0.4 is 19.9 Å². The molecular weight excluding hydrogens is 646 g/mol. The van der Waals surface area contributed by atoms with Crippen molar-refractivity contribution in [3.63, 3.8) is 0 Å². The molecular formula is C32H36F6N6O4. The fourth-order valence-corrected chi connectivity index (χ4v) is 6.08. The summed E-state index contributed by atoms with van der Waals surface area (Å²) >= 11 is 0. The molecule has 2 atom stereocenters. The van der Waals surface area contributed by atoms with Gasteiger partial charge in [-0.3, -0.25) is 4.90 Å². The second-order valence-electron chi connectivity index (χ2n) is 11.7. The predicted octanol–water partition coefficient (Wildman–Crippen LogP) is 6.77. The zero-order valence-corrected chi connectivity index (χ0v) is 26.5. The van der Waals surface area contributed by atoms with Crippen LogP contribution in [0.4, 0.5) is 48.5 Å². The number of rotatable bonds is 8. The maximum Gasteiger partial charge on any atom is 0.416 e. The van der Waals surface area contributed by atoms with Gasteiger partial charge >= 0.3 is 18.4 Å². The van der Waals surface area contributed by atoms with Gasteiger partial charge in [0.2, 0.25) is 11.8 Å². The lowest BCUT2D eigenvalue weighted by atomic mass is 9.93. The van der Waals surface area contributed by atoms with Crippen molar-refractivity contribution in [1.82, 2.24) is 15.0 Å². The number of amides is 1. The van der Waals surface area contributed by atoms with Crippen molar-refractivity contribution in [2.24, 2.45) is 0 Å². The Labute approximate surface area is 273 Å². The number of alkyl halides is 6. The molecule has 1 amide bonds. The van der Waals surface area contributed by atoms with Crippen LogP contribution in [0, 0.1) is 0 Å². The summed E-state index contributed by atoms with van der Waals surface area (Å²) in [6.45, 7) is 4.57. The summed E-state index contributed by atoms with van der Waals surface area (Å²) in [4.78, 5) is 30.1. The number of fused-ring (bicyclic) bond motifs is 1. The van der Waals surface area contributed by atoms with E-state index in [0.29, 0.717) is 68.0 Å². The zero-order chi connectivity index (χ0) is 34.8. The highest BCUT2D eigenvalue weighted by molar-refractivity contribution is 5.90. The standard InChI is InChI=1S/C32H36F6N6O4/c1-4-21-16-24(28-25(6-7-27(42-28)47-3)44(21)30(46)48-5-2)41-29-39-17-26(43-10-8-22(45)9-11-43)23(40-29)14-18-12-19(31(33,34)35)15-20(13-18)32(36,37)38/h6-7,12-13,15,17,21-22,24,45H,4-5,8-11,14,16H2,1-3H3,(H,39,40,41)/t21-,24+/m1/s1. The van der Waals surface area contributed by atoms with Crippen molar-refractivity contribution in [3.05, 3.63) is 64.6 Å². The number of nitrogens with zero attached hydrogens (tertiary/aromatic N) is 5. The van der Waals surface area contributed by atoms with Crippen LogP contribution in [-0.4, -0.2) is 65.1 Å². The van der Waals surface area contributed by atoms with E-state index in [2.05, 4.69) is 20.3 Å². The first-order valence-electron chi connectivity index (χ1n) is 15.6. The maximum absolute atomic E-state index is 13.7. The van der Waals surface area contributed by atoms with Gasteiger partial charge in [0.1, 0.15) is 0 Å². The molecule has 0 unspecified atom stereocenters. The second-order valence-corrected chi connectivity index (χ2v) is 11.7. The molecule has 0 bridgehead atoms. The van der Waals surface area contributed by atoms with Gasteiger partial charge in [-0.2, -0.15) is 26.3 Å². The predicted molar refractivity (Wildman–Crippen MR) is 164 cm³/mol. The van der Waals surface area contributed by atoms with Crippen LogP contribution >= 0.6 is 0 Å². The Morgan fingerprint density at radius 2 is 1.67 bits per heavy atom. The van der Waals surface area contributed by atoms with E-state index >= 15 is 0 Å². The lowest BCUT2D eigenvalue weighted by Gasteiger charge is -2.39. The molecule has 0 aliphatic carbocycles. The van der Waals surface area contributed by atoms with Gasteiger partial charge in [-0.25, -0.2) is 19.7 Å². The maximum atomic E-state index is 13.7. The number of hydrogen-bond donors (Lipinski definition) is 2. The van der Waals surface area contributed by atoms with Crippen molar-refractivity contribution in [1.29, 1.82) is 0 Å². The lowest BCUT2D eigenvalue weighted by Crippen LogP contribution is -2.46. The molecule has 2 aromatic heterocycles. The molecule has 260 valence electrons. The molecule has 3 aromatic rings. The molecule has 10 nitrogen and oxygen atoms in total. The fraction of sp³-hybridized carbons (Fsp3) is 0.500. The number of aliphatic hydroxyl groups excluding tert-OH is 1. The topological polar surface area (TPSA) is 113 Å². The first-order valence-corrected chi connectivity index (χ1v) is 15.6. The Morgan fingerprint density at radius 1 is 1.00 bits per heavy atom. The zero-order valence-electron chi connectivity index (χ0n) is 26.5. The van der Waals surface area contributed by atoms with Crippen molar-refractivity contribution in [3.8, 4) is 5.88 Å². The summed E-state index contributed by atoms with van der Waals surface area (Å²) in [6, 6.07) is 3.92. The van der Waals surface area contributed by atoms with E-state index < -0.39 is 41.7 Å². The van der Waals surface area contributed by atoms with E-state index in [-0.39, 0.29) is 48.2 Å². The summed E-state index contributed by atoms with van der Waals surface area (Å²) in [7, 11) is 1.45. The molecule has 0 spiro atoms. The number of carbonyl (C=O) groups is 1. The molecule has 4 heterocycles. The van der Waals surface area contributed by atoms with Gasteiger partial charge in [-0.05, 0) is 62.4 Å². The largest absolute Gasteiger partial charge is 0.481 e. The molecule has 16 heteroatoms. The molecule has 5 rings (SSSR count). The summed E-state index contributed by atoms with van der Waals surface area (Å²) in [5.74, 6) is 0.349. The highest BCUT2D eigenvalue weighted by Gasteiger charge is 2.39. The Morgan fingerprint density at radius 3 is 2.25 bits per heavy atom. The Balaban J connectivity index is 1.56. The van der Waals surface area contributed by atoms with Gasteiger partial charge in [0.25, 0.3) is 0 Å².